The second-order valence-electron chi connectivity index (χ2n) is 5.64. The second-order valence-corrected chi connectivity index (χ2v) is 5.64. The normalized spacial score (nSPS) is 17.6. The Bertz CT molecular complexity index is 677. The number of fused-ring (bicyclic) bond motifs is 1. The number of aromatic amines is 1. The smallest absolute Gasteiger partial charge is 0.291 e. The lowest BCUT2D eigenvalue weighted by Gasteiger charge is -2.34. The number of H-pyrrole nitrogens is 1. The predicted octanol–water partition coefficient (Wildman–Crippen LogP) is 0.0458. The molecule has 1 N–H and O–H groups in total. The van der Waals surface area contributed by atoms with Crippen LogP contribution in [0.2, 0.25) is 0 Å². The Morgan fingerprint density at radius 3 is 2.77 bits per heavy atom. The molecule has 0 saturated carbocycles. The van der Waals surface area contributed by atoms with E-state index in [9.17, 15) is 4.79 Å². The van der Waals surface area contributed by atoms with Crippen LogP contribution in [0.1, 0.15) is 28.3 Å². The third-order valence-electron chi connectivity index (χ3n) is 4.32. The fourth-order valence-corrected chi connectivity index (χ4v) is 3.07. The van der Waals surface area contributed by atoms with Gasteiger partial charge in [0.1, 0.15) is 6.33 Å². The molecule has 1 aliphatic carbocycles. The summed E-state index contributed by atoms with van der Waals surface area (Å²) in [6, 6.07) is 2.16. The van der Waals surface area contributed by atoms with Crippen molar-refractivity contribution in [3.8, 4) is 0 Å². The number of piperazine rings is 1. The molecule has 0 bridgehead atoms. The van der Waals surface area contributed by atoms with Gasteiger partial charge < -0.3 is 9.80 Å². The van der Waals surface area contributed by atoms with Crippen LogP contribution in [0.4, 0.5) is 5.82 Å². The van der Waals surface area contributed by atoms with Crippen molar-refractivity contribution in [3.05, 3.63) is 29.5 Å². The van der Waals surface area contributed by atoms with E-state index >= 15 is 0 Å². The average molecular weight is 299 g/mol. The summed E-state index contributed by atoms with van der Waals surface area (Å²) < 4.78 is 0. The molecule has 3 heterocycles. The van der Waals surface area contributed by atoms with E-state index < -0.39 is 0 Å². The van der Waals surface area contributed by atoms with Gasteiger partial charge in [-0.2, -0.15) is 10.2 Å². The molecule has 0 spiro atoms. The number of hydrogen-bond acceptors (Lipinski definition) is 6. The number of carbonyl (C=O) groups excluding carboxylic acids is 1. The van der Waals surface area contributed by atoms with Crippen LogP contribution < -0.4 is 4.90 Å². The highest BCUT2D eigenvalue weighted by atomic mass is 16.2. The van der Waals surface area contributed by atoms with E-state index in [0.717, 1.165) is 37.4 Å². The SMILES string of the molecule is O=C(c1ncn[nH]1)N1CCN(c2cc3c(nn2)CCC3)CC1. The maximum absolute atomic E-state index is 12.2. The topological polar surface area (TPSA) is 90.9 Å². The van der Waals surface area contributed by atoms with Gasteiger partial charge in [-0.15, -0.1) is 5.10 Å². The second kappa shape index (κ2) is 5.36. The first-order chi connectivity index (χ1) is 10.8. The van der Waals surface area contributed by atoms with Gasteiger partial charge in [-0.25, -0.2) is 4.98 Å². The van der Waals surface area contributed by atoms with Crippen LogP contribution in [-0.4, -0.2) is 62.4 Å². The first-order valence-corrected chi connectivity index (χ1v) is 7.56. The molecule has 1 saturated heterocycles. The summed E-state index contributed by atoms with van der Waals surface area (Å²) in [4.78, 5) is 20.1. The van der Waals surface area contributed by atoms with Gasteiger partial charge in [0.05, 0.1) is 5.69 Å². The standard InChI is InChI=1S/C14H17N7O/c22-14(13-15-9-16-19-13)21-6-4-20(5-7-21)12-8-10-2-1-3-11(10)17-18-12/h8-9H,1-7H2,(H,15,16,19). The number of hydrogen-bond donors (Lipinski definition) is 1. The van der Waals surface area contributed by atoms with Crippen LogP contribution in [0.5, 0.6) is 0 Å². The highest BCUT2D eigenvalue weighted by Crippen LogP contribution is 2.23. The van der Waals surface area contributed by atoms with Gasteiger partial charge in [-0.3, -0.25) is 9.89 Å². The summed E-state index contributed by atoms with van der Waals surface area (Å²) in [6.07, 6.45) is 4.67. The molecule has 0 radical (unpaired) electrons. The largest absolute Gasteiger partial charge is 0.352 e. The molecule has 2 aliphatic rings. The summed E-state index contributed by atoms with van der Waals surface area (Å²) in [7, 11) is 0. The van der Waals surface area contributed by atoms with Gasteiger partial charge >= 0.3 is 0 Å². The number of anilines is 1. The zero-order chi connectivity index (χ0) is 14.9. The molecule has 0 unspecified atom stereocenters. The molecule has 4 rings (SSSR count). The molecule has 2 aromatic heterocycles. The van der Waals surface area contributed by atoms with Crippen molar-refractivity contribution >= 4 is 11.7 Å². The number of rotatable bonds is 2. The van der Waals surface area contributed by atoms with Crippen LogP contribution in [0.3, 0.4) is 0 Å². The molecule has 0 atom stereocenters. The third-order valence-corrected chi connectivity index (χ3v) is 4.32. The highest BCUT2D eigenvalue weighted by Gasteiger charge is 2.25. The molecular weight excluding hydrogens is 282 g/mol. The molecule has 8 nitrogen and oxygen atoms in total. The maximum atomic E-state index is 12.2. The minimum atomic E-state index is -0.0998. The minimum Gasteiger partial charge on any atom is -0.352 e. The van der Waals surface area contributed by atoms with Gasteiger partial charge in [0.15, 0.2) is 5.82 Å². The summed E-state index contributed by atoms with van der Waals surface area (Å²) in [6.45, 7) is 2.82. The Kier molecular flexibility index (Phi) is 3.21. The van der Waals surface area contributed by atoms with Gasteiger partial charge in [0, 0.05) is 26.2 Å². The summed E-state index contributed by atoms with van der Waals surface area (Å²) in [5.74, 6) is 1.12. The fourth-order valence-electron chi connectivity index (χ4n) is 3.07. The van der Waals surface area contributed by atoms with E-state index in [1.807, 2.05) is 0 Å². The Morgan fingerprint density at radius 1 is 1.14 bits per heavy atom. The number of amides is 1. The van der Waals surface area contributed by atoms with Crippen molar-refractivity contribution < 1.29 is 4.79 Å². The lowest BCUT2D eigenvalue weighted by Crippen LogP contribution is -2.49. The third kappa shape index (κ3) is 2.30. The van der Waals surface area contributed by atoms with Gasteiger partial charge in [-0.1, -0.05) is 0 Å². The van der Waals surface area contributed by atoms with Crippen molar-refractivity contribution in [3.63, 3.8) is 0 Å². The molecular formula is C14H17N7O. The Hall–Kier alpha value is -2.51. The van der Waals surface area contributed by atoms with Crippen molar-refractivity contribution in [2.24, 2.45) is 0 Å². The number of carbonyl (C=O) groups is 1. The van der Waals surface area contributed by atoms with Crippen LogP contribution in [0.15, 0.2) is 12.4 Å². The van der Waals surface area contributed by atoms with Gasteiger partial charge in [-0.05, 0) is 30.9 Å². The lowest BCUT2D eigenvalue weighted by molar-refractivity contribution is 0.0734. The lowest BCUT2D eigenvalue weighted by atomic mass is 10.2. The van der Waals surface area contributed by atoms with Crippen molar-refractivity contribution in [1.29, 1.82) is 0 Å². The summed E-state index contributed by atoms with van der Waals surface area (Å²) in [5, 5.41) is 15.0. The van der Waals surface area contributed by atoms with Crippen LogP contribution in [0.25, 0.3) is 0 Å². The van der Waals surface area contributed by atoms with E-state index in [-0.39, 0.29) is 5.91 Å². The van der Waals surface area contributed by atoms with Gasteiger partial charge in [0.25, 0.3) is 5.91 Å². The van der Waals surface area contributed by atoms with E-state index in [0.29, 0.717) is 18.9 Å². The Morgan fingerprint density at radius 2 is 2.00 bits per heavy atom. The van der Waals surface area contributed by atoms with Crippen LogP contribution in [-0.2, 0) is 12.8 Å². The van der Waals surface area contributed by atoms with Crippen molar-refractivity contribution in [2.45, 2.75) is 19.3 Å². The summed E-state index contributed by atoms with van der Waals surface area (Å²) in [5.41, 5.74) is 2.47. The van der Waals surface area contributed by atoms with E-state index in [4.69, 9.17) is 0 Å². The average Bonchev–Trinajstić information content (AvgIpc) is 3.25. The predicted molar refractivity (Wildman–Crippen MR) is 78.6 cm³/mol. The van der Waals surface area contributed by atoms with Crippen molar-refractivity contribution in [1.82, 2.24) is 30.3 Å². The zero-order valence-electron chi connectivity index (χ0n) is 12.2. The number of nitrogens with one attached hydrogen (secondary N) is 1. The number of aromatic nitrogens is 5. The molecule has 1 amide bonds. The van der Waals surface area contributed by atoms with Crippen molar-refractivity contribution in [2.75, 3.05) is 31.1 Å². The Balaban J connectivity index is 1.42. The minimum absolute atomic E-state index is 0.0998. The number of aryl methyl sites for hydroxylation is 2. The molecule has 1 aliphatic heterocycles. The first-order valence-electron chi connectivity index (χ1n) is 7.56. The molecule has 0 aromatic carbocycles. The molecule has 1 fully saturated rings. The molecule has 22 heavy (non-hydrogen) atoms. The zero-order valence-corrected chi connectivity index (χ0v) is 12.2. The fraction of sp³-hybridized carbons (Fsp3) is 0.500. The monoisotopic (exact) mass is 299 g/mol. The number of nitrogens with zero attached hydrogens (tertiary/aromatic N) is 6. The molecule has 2 aromatic rings. The quantitative estimate of drug-likeness (QED) is 0.842. The highest BCUT2D eigenvalue weighted by molar-refractivity contribution is 5.90. The molecule has 114 valence electrons. The van der Waals surface area contributed by atoms with E-state index in [1.54, 1.807) is 4.90 Å². The van der Waals surface area contributed by atoms with Gasteiger partial charge in [0.2, 0.25) is 5.82 Å². The first kappa shape index (κ1) is 13.2. The molecule has 8 heteroatoms. The summed E-state index contributed by atoms with van der Waals surface area (Å²) >= 11 is 0. The maximum Gasteiger partial charge on any atom is 0.291 e. The van der Waals surface area contributed by atoms with E-state index in [2.05, 4.69) is 36.3 Å². The van der Waals surface area contributed by atoms with E-state index in [1.165, 1.54) is 18.3 Å². The van der Waals surface area contributed by atoms with Crippen LogP contribution >= 0.6 is 0 Å². The van der Waals surface area contributed by atoms with Crippen LogP contribution in [0, 0.1) is 0 Å². The Labute approximate surface area is 127 Å².